The molecule has 1 aliphatic carbocycles. The van der Waals surface area contributed by atoms with E-state index in [2.05, 4.69) is 30.5 Å². The van der Waals surface area contributed by atoms with Crippen LogP contribution in [0.15, 0.2) is 24.3 Å². The van der Waals surface area contributed by atoms with E-state index in [4.69, 9.17) is 0 Å². The number of para-hydroxylation sites is 1. The van der Waals surface area contributed by atoms with Crippen LogP contribution in [0.4, 0.5) is 10.5 Å². The summed E-state index contributed by atoms with van der Waals surface area (Å²) in [6, 6.07) is 8.34. The number of carbonyl (C=O) groups is 1. The summed E-state index contributed by atoms with van der Waals surface area (Å²) in [5.74, 6) is 0.465. The van der Waals surface area contributed by atoms with E-state index >= 15 is 0 Å². The van der Waals surface area contributed by atoms with Crippen LogP contribution in [-0.4, -0.2) is 12.1 Å². The summed E-state index contributed by atoms with van der Waals surface area (Å²) in [4.78, 5) is 11.7. The lowest BCUT2D eigenvalue weighted by molar-refractivity contribution is 0.251. The molecule has 0 aromatic heterocycles. The quantitative estimate of drug-likeness (QED) is 0.819. The molecule has 1 atom stereocenters. The normalized spacial score (nSPS) is 16.4. The van der Waals surface area contributed by atoms with Crippen molar-refractivity contribution in [3.05, 3.63) is 29.8 Å². The largest absolute Gasteiger partial charge is 0.335 e. The van der Waals surface area contributed by atoms with E-state index in [1.54, 1.807) is 0 Å². The van der Waals surface area contributed by atoms with E-state index in [9.17, 15) is 4.79 Å². The van der Waals surface area contributed by atoms with E-state index < -0.39 is 0 Å². The number of amides is 2. The summed E-state index contributed by atoms with van der Waals surface area (Å²) < 4.78 is 0. The molecule has 2 rings (SSSR count). The lowest BCUT2D eigenvalue weighted by Crippen LogP contribution is -2.30. The Morgan fingerprint density at radius 2 is 2.12 bits per heavy atom. The predicted molar refractivity (Wildman–Crippen MR) is 70.3 cm³/mol. The number of anilines is 1. The van der Waals surface area contributed by atoms with Crippen LogP contribution in [0.3, 0.4) is 0 Å². The van der Waals surface area contributed by atoms with Crippen molar-refractivity contribution in [2.45, 2.75) is 45.1 Å². The summed E-state index contributed by atoms with van der Waals surface area (Å²) in [5, 5.41) is 5.88. The van der Waals surface area contributed by atoms with Crippen LogP contribution >= 0.6 is 0 Å². The van der Waals surface area contributed by atoms with Gasteiger partial charge in [-0.15, -0.1) is 0 Å². The number of hydrogen-bond donors (Lipinski definition) is 2. The topological polar surface area (TPSA) is 41.1 Å². The highest BCUT2D eigenvalue weighted by Gasteiger charge is 2.23. The highest BCUT2D eigenvalue weighted by atomic mass is 16.2. The van der Waals surface area contributed by atoms with Gasteiger partial charge >= 0.3 is 6.03 Å². The van der Waals surface area contributed by atoms with Crippen molar-refractivity contribution in [2.75, 3.05) is 5.32 Å². The molecule has 17 heavy (non-hydrogen) atoms. The molecule has 2 amide bonds. The minimum atomic E-state index is -0.0803. The van der Waals surface area contributed by atoms with Crippen LogP contribution in [0.25, 0.3) is 0 Å². The van der Waals surface area contributed by atoms with Gasteiger partial charge in [-0.25, -0.2) is 4.79 Å². The van der Waals surface area contributed by atoms with Gasteiger partial charge in [-0.3, -0.25) is 0 Å². The Balaban J connectivity index is 2.05. The van der Waals surface area contributed by atoms with Crippen molar-refractivity contribution < 1.29 is 4.79 Å². The Bertz CT molecular complexity index is 399. The molecule has 1 aromatic rings. The molecule has 2 N–H and O–H groups in total. The van der Waals surface area contributed by atoms with Gasteiger partial charge in [0.05, 0.1) is 0 Å². The smallest absolute Gasteiger partial charge is 0.319 e. The number of carbonyl (C=O) groups excluding carboxylic acids is 1. The highest BCUT2D eigenvalue weighted by molar-refractivity contribution is 5.90. The summed E-state index contributed by atoms with van der Waals surface area (Å²) in [6.45, 7) is 4.34. The zero-order valence-corrected chi connectivity index (χ0v) is 10.5. The molecule has 3 nitrogen and oxygen atoms in total. The van der Waals surface area contributed by atoms with Crippen molar-refractivity contribution >= 4 is 11.7 Å². The van der Waals surface area contributed by atoms with Crippen molar-refractivity contribution in [3.8, 4) is 0 Å². The Hall–Kier alpha value is -1.51. The highest BCUT2D eigenvalue weighted by Crippen LogP contribution is 2.26. The van der Waals surface area contributed by atoms with Gasteiger partial charge in [-0.2, -0.15) is 0 Å². The number of urea groups is 1. The Morgan fingerprint density at radius 3 is 2.76 bits per heavy atom. The molecule has 1 fully saturated rings. The molecule has 0 saturated heterocycles. The zero-order chi connectivity index (χ0) is 12.3. The zero-order valence-electron chi connectivity index (χ0n) is 10.5. The third kappa shape index (κ3) is 3.22. The molecule has 0 bridgehead atoms. The number of rotatable bonds is 4. The van der Waals surface area contributed by atoms with E-state index in [-0.39, 0.29) is 6.03 Å². The average Bonchev–Trinajstić information content (AvgIpc) is 3.12. The van der Waals surface area contributed by atoms with Gasteiger partial charge in [0.25, 0.3) is 0 Å². The fourth-order valence-corrected chi connectivity index (χ4v) is 1.83. The molecule has 0 aliphatic heterocycles. The van der Waals surface area contributed by atoms with Crippen molar-refractivity contribution in [3.63, 3.8) is 0 Å². The van der Waals surface area contributed by atoms with E-state index in [0.717, 1.165) is 24.9 Å². The molecule has 1 saturated carbocycles. The number of hydrogen-bond acceptors (Lipinski definition) is 1. The second-order valence-electron chi connectivity index (χ2n) is 4.77. The summed E-state index contributed by atoms with van der Waals surface area (Å²) in [5.41, 5.74) is 2.14. The summed E-state index contributed by atoms with van der Waals surface area (Å²) in [7, 11) is 0. The molecule has 0 spiro atoms. The maximum absolute atomic E-state index is 11.7. The lowest BCUT2D eigenvalue weighted by Gasteiger charge is -2.15. The molecule has 3 heteroatoms. The second kappa shape index (κ2) is 5.21. The molecular formula is C14H20N2O. The first-order valence-corrected chi connectivity index (χ1v) is 6.37. The Labute approximate surface area is 103 Å². The first-order valence-electron chi connectivity index (χ1n) is 6.37. The van der Waals surface area contributed by atoms with Gasteiger partial charge in [0.2, 0.25) is 0 Å². The van der Waals surface area contributed by atoms with Crippen molar-refractivity contribution in [1.82, 2.24) is 5.32 Å². The predicted octanol–water partition coefficient (Wildman–Crippen LogP) is 3.48. The van der Waals surface area contributed by atoms with E-state index in [1.165, 1.54) is 5.56 Å². The van der Waals surface area contributed by atoms with Gasteiger partial charge in [0, 0.05) is 11.7 Å². The molecule has 1 aliphatic rings. The van der Waals surface area contributed by atoms with E-state index in [0.29, 0.717) is 12.0 Å². The third-order valence-corrected chi connectivity index (χ3v) is 3.26. The minimum absolute atomic E-state index is 0.0803. The van der Waals surface area contributed by atoms with Crippen LogP contribution < -0.4 is 10.6 Å². The Kier molecular flexibility index (Phi) is 3.67. The monoisotopic (exact) mass is 232 g/mol. The summed E-state index contributed by atoms with van der Waals surface area (Å²) >= 11 is 0. The fourth-order valence-electron chi connectivity index (χ4n) is 1.83. The van der Waals surface area contributed by atoms with Crippen LogP contribution in [-0.2, 0) is 0 Å². The molecule has 1 unspecified atom stereocenters. The maximum Gasteiger partial charge on any atom is 0.319 e. The SMILES string of the molecule is CCC(C)c1ccccc1NC(=O)NC1CC1. The number of benzene rings is 1. The molecular weight excluding hydrogens is 212 g/mol. The third-order valence-electron chi connectivity index (χ3n) is 3.26. The minimum Gasteiger partial charge on any atom is -0.335 e. The summed E-state index contributed by atoms with van der Waals surface area (Å²) in [6.07, 6.45) is 3.30. The van der Waals surface area contributed by atoms with Crippen molar-refractivity contribution in [2.24, 2.45) is 0 Å². The molecule has 0 radical (unpaired) electrons. The van der Waals surface area contributed by atoms with Crippen LogP contribution in [0.2, 0.25) is 0 Å². The first-order chi connectivity index (χ1) is 8.20. The van der Waals surface area contributed by atoms with Gasteiger partial charge in [0.1, 0.15) is 0 Å². The number of nitrogens with one attached hydrogen (secondary N) is 2. The van der Waals surface area contributed by atoms with Crippen molar-refractivity contribution in [1.29, 1.82) is 0 Å². The van der Waals surface area contributed by atoms with E-state index in [1.807, 2.05) is 18.2 Å². The molecule has 0 heterocycles. The average molecular weight is 232 g/mol. The fraction of sp³-hybridized carbons (Fsp3) is 0.500. The maximum atomic E-state index is 11.7. The van der Waals surface area contributed by atoms with Gasteiger partial charge in [-0.1, -0.05) is 32.0 Å². The second-order valence-corrected chi connectivity index (χ2v) is 4.77. The lowest BCUT2D eigenvalue weighted by atomic mass is 9.97. The van der Waals surface area contributed by atoms with Crippen LogP contribution in [0.5, 0.6) is 0 Å². The Morgan fingerprint density at radius 1 is 1.41 bits per heavy atom. The van der Waals surface area contributed by atoms with Gasteiger partial charge in [-0.05, 0) is 36.8 Å². The first kappa shape index (κ1) is 12.0. The van der Waals surface area contributed by atoms with Gasteiger partial charge < -0.3 is 10.6 Å². The van der Waals surface area contributed by atoms with Gasteiger partial charge in [0.15, 0.2) is 0 Å². The molecule has 92 valence electrons. The van der Waals surface area contributed by atoms with Crippen LogP contribution in [0, 0.1) is 0 Å². The standard InChI is InChI=1S/C14H20N2O/c1-3-10(2)12-6-4-5-7-13(12)16-14(17)15-11-8-9-11/h4-7,10-11H,3,8-9H2,1-2H3,(H2,15,16,17). The molecule has 1 aromatic carbocycles. The van der Waals surface area contributed by atoms with Crippen LogP contribution in [0.1, 0.15) is 44.6 Å².